The van der Waals surface area contributed by atoms with Gasteiger partial charge in [0.25, 0.3) is 0 Å². The standard InChI is InChI=1S/C15H20N4O3/c1-10(2)17-12-5-4-11(9-16-12)15-18-13(22-19-15)8-14-20-6-3-7-21-14/h4-5,9-10,14H,3,6-8H2,1-2H3,(H,16,17). The van der Waals surface area contributed by atoms with E-state index >= 15 is 0 Å². The quantitative estimate of drug-likeness (QED) is 0.907. The molecule has 7 heteroatoms. The molecule has 3 rings (SSSR count). The second-order valence-corrected chi connectivity index (χ2v) is 5.47. The van der Waals surface area contributed by atoms with E-state index in [1.807, 2.05) is 12.1 Å². The monoisotopic (exact) mass is 304 g/mol. The molecule has 0 saturated carbocycles. The van der Waals surface area contributed by atoms with Crippen molar-refractivity contribution in [2.75, 3.05) is 18.5 Å². The second kappa shape index (κ2) is 6.85. The van der Waals surface area contributed by atoms with Crippen molar-refractivity contribution in [1.29, 1.82) is 0 Å². The molecular weight excluding hydrogens is 284 g/mol. The van der Waals surface area contributed by atoms with Crippen molar-refractivity contribution in [1.82, 2.24) is 15.1 Å². The summed E-state index contributed by atoms with van der Waals surface area (Å²) in [4.78, 5) is 8.71. The number of hydrogen-bond acceptors (Lipinski definition) is 7. The molecule has 0 amide bonds. The number of anilines is 1. The molecule has 3 heterocycles. The molecule has 1 N–H and O–H groups in total. The van der Waals surface area contributed by atoms with Crippen molar-refractivity contribution in [2.24, 2.45) is 0 Å². The molecule has 0 unspecified atom stereocenters. The highest BCUT2D eigenvalue weighted by atomic mass is 16.7. The molecule has 1 fully saturated rings. The van der Waals surface area contributed by atoms with Gasteiger partial charge in [0.05, 0.1) is 19.6 Å². The van der Waals surface area contributed by atoms with E-state index in [0.29, 0.717) is 37.4 Å². The van der Waals surface area contributed by atoms with E-state index in [4.69, 9.17) is 14.0 Å². The summed E-state index contributed by atoms with van der Waals surface area (Å²) < 4.78 is 16.2. The summed E-state index contributed by atoms with van der Waals surface area (Å²) in [6, 6.07) is 4.16. The van der Waals surface area contributed by atoms with Crippen LogP contribution in [0, 0.1) is 0 Å². The van der Waals surface area contributed by atoms with Crippen LogP contribution in [0.1, 0.15) is 26.2 Å². The lowest BCUT2D eigenvalue weighted by Crippen LogP contribution is -2.26. The van der Waals surface area contributed by atoms with Crippen LogP contribution in [-0.2, 0) is 15.9 Å². The smallest absolute Gasteiger partial charge is 0.232 e. The van der Waals surface area contributed by atoms with Crippen LogP contribution < -0.4 is 5.32 Å². The van der Waals surface area contributed by atoms with E-state index in [2.05, 4.69) is 34.3 Å². The number of nitrogens with one attached hydrogen (secondary N) is 1. The van der Waals surface area contributed by atoms with Gasteiger partial charge in [-0.05, 0) is 32.4 Å². The zero-order valence-corrected chi connectivity index (χ0v) is 12.8. The maximum atomic E-state index is 5.48. The molecule has 0 bridgehead atoms. The molecule has 1 aliphatic heterocycles. The molecule has 0 radical (unpaired) electrons. The zero-order valence-electron chi connectivity index (χ0n) is 12.8. The Morgan fingerprint density at radius 1 is 1.27 bits per heavy atom. The largest absolute Gasteiger partial charge is 0.368 e. The summed E-state index contributed by atoms with van der Waals surface area (Å²) in [5.41, 5.74) is 0.815. The Morgan fingerprint density at radius 2 is 2.09 bits per heavy atom. The van der Waals surface area contributed by atoms with E-state index in [-0.39, 0.29) is 6.29 Å². The highest BCUT2D eigenvalue weighted by Crippen LogP contribution is 2.18. The van der Waals surface area contributed by atoms with Gasteiger partial charge in [0.2, 0.25) is 11.7 Å². The normalized spacial score (nSPS) is 16.1. The van der Waals surface area contributed by atoms with Gasteiger partial charge in [0, 0.05) is 17.8 Å². The van der Waals surface area contributed by atoms with Crippen molar-refractivity contribution < 1.29 is 14.0 Å². The molecule has 0 atom stereocenters. The fourth-order valence-electron chi connectivity index (χ4n) is 2.16. The Morgan fingerprint density at radius 3 is 2.77 bits per heavy atom. The molecular formula is C15H20N4O3. The lowest BCUT2D eigenvalue weighted by atomic mass is 10.2. The van der Waals surface area contributed by atoms with Gasteiger partial charge in [-0.1, -0.05) is 5.16 Å². The number of aromatic nitrogens is 3. The number of hydrogen-bond donors (Lipinski definition) is 1. The fraction of sp³-hybridized carbons (Fsp3) is 0.533. The van der Waals surface area contributed by atoms with Gasteiger partial charge in [0.15, 0.2) is 6.29 Å². The van der Waals surface area contributed by atoms with Gasteiger partial charge in [-0.15, -0.1) is 0 Å². The summed E-state index contributed by atoms with van der Waals surface area (Å²) >= 11 is 0. The minimum Gasteiger partial charge on any atom is -0.368 e. The minimum absolute atomic E-state index is 0.294. The first-order chi connectivity index (χ1) is 10.7. The summed E-state index contributed by atoms with van der Waals surface area (Å²) in [6.45, 7) is 5.55. The average molecular weight is 304 g/mol. The van der Waals surface area contributed by atoms with Crippen LogP contribution in [0.2, 0.25) is 0 Å². The Hall–Kier alpha value is -1.99. The predicted octanol–water partition coefficient (Wildman–Crippen LogP) is 2.26. The van der Waals surface area contributed by atoms with Crippen LogP contribution in [0.25, 0.3) is 11.4 Å². The molecule has 118 valence electrons. The number of nitrogens with zero attached hydrogens (tertiary/aromatic N) is 3. The molecule has 0 aromatic carbocycles. The first-order valence-electron chi connectivity index (χ1n) is 7.49. The minimum atomic E-state index is -0.294. The van der Waals surface area contributed by atoms with Crippen molar-refractivity contribution in [3.63, 3.8) is 0 Å². The average Bonchev–Trinajstić information content (AvgIpc) is 2.97. The highest BCUT2D eigenvalue weighted by Gasteiger charge is 2.19. The third-order valence-corrected chi connectivity index (χ3v) is 3.16. The van der Waals surface area contributed by atoms with Crippen LogP contribution in [0.3, 0.4) is 0 Å². The van der Waals surface area contributed by atoms with Crippen LogP contribution in [0.5, 0.6) is 0 Å². The van der Waals surface area contributed by atoms with Gasteiger partial charge >= 0.3 is 0 Å². The molecule has 0 aliphatic carbocycles. The molecule has 2 aromatic rings. The molecule has 1 aliphatic rings. The van der Waals surface area contributed by atoms with Crippen molar-refractivity contribution in [3.05, 3.63) is 24.2 Å². The number of rotatable bonds is 5. The Kier molecular flexibility index (Phi) is 4.65. The maximum absolute atomic E-state index is 5.48. The van der Waals surface area contributed by atoms with Crippen LogP contribution in [-0.4, -0.2) is 40.7 Å². The van der Waals surface area contributed by atoms with Crippen molar-refractivity contribution >= 4 is 5.82 Å². The zero-order chi connectivity index (χ0) is 15.4. The van der Waals surface area contributed by atoms with Gasteiger partial charge in [-0.25, -0.2) is 4.98 Å². The Bertz CT molecular complexity index is 591. The number of pyridine rings is 1. The van der Waals surface area contributed by atoms with Gasteiger partial charge < -0.3 is 19.3 Å². The highest BCUT2D eigenvalue weighted by molar-refractivity contribution is 5.55. The van der Waals surface area contributed by atoms with Crippen LogP contribution in [0.15, 0.2) is 22.9 Å². The molecule has 22 heavy (non-hydrogen) atoms. The van der Waals surface area contributed by atoms with E-state index in [0.717, 1.165) is 17.8 Å². The lowest BCUT2D eigenvalue weighted by Gasteiger charge is -2.21. The topological polar surface area (TPSA) is 82.3 Å². The van der Waals surface area contributed by atoms with Crippen molar-refractivity contribution in [2.45, 2.75) is 39.0 Å². The summed E-state index contributed by atoms with van der Waals surface area (Å²) in [7, 11) is 0. The SMILES string of the molecule is CC(C)Nc1ccc(-c2noc(CC3OCCCO3)n2)cn1. The third kappa shape index (κ3) is 3.80. The summed E-state index contributed by atoms with van der Waals surface area (Å²) in [6.07, 6.45) is 2.83. The summed E-state index contributed by atoms with van der Waals surface area (Å²) in [5, 5.41) is 7.22. The van der Waals surface area contributed by atoms with E-state index in [9.17, 15) is 0 Å². The van der Waals surface area contributed by atoms with E-state index in [1.54, 1.807) is 6.20 Å². The molecule has 2 aromatic heterocycles. The first kappa shape index (κ1) is 14.9. The molecule has 7 nitrogen and oxygen atoms in total. The summed E-state index contributed by atoms with van der Waals surface area (Å²) in [5.74, 6) is 1.85. The Balaban J connectivity index is 1.65. The van der Waals surface area contributed by atoms with Gasteiger partial charge in [0.1, 0.15) is 5.82 Å². The lowest BCUT2D eigenvalue weighted by molar-refractivity contribution is -0.179. The van der Waals surface area contributed by atoms with Gasteiger partial charge in [-0.2, -0.15) is 4.98 Å². The Labute approximate surface area is 129 Å². The van der Waals surface area contributed by atoms with Gasteiger partial charge in [-0.3, -0.25) is 0 Å². The predicted molar refractivity (Wildman–Crippen MR) is 80.3 cm³/mol. The van der Waals surface area contributed by atoms with E-state index in [1.165, 1.54) is 0 Å². The first-order valence-corrected chi connectivity index (χ1v) is 7.49. The van der Waals surface area contributed by atoms with Crippen LogP contribution in [0.4, 0.5) is 5.82 Å². The fourth-order valence-corrected chi connectivity index (χ4v) is 2.16. The third-order valence-electron chi connectivity index (χ3n) is 3.16. The van der Waals surface area contributed by atoms with E-state index < -0.39 is 0 Å². The molecule has 1 saturated heterocycles. The maximum Gasteiger partial charge on any atom is 0.232 e. The molecule has 0 spiro atoms. The van der Waals surface area contributed by atoms with Crippen molar-refractivity contribution in [3.8, 4) is 11.4 Å². The number of ether oxygens (including phenoxy) is 2. The second-order valence-electron chi connectivity index (χ2n) is 5.47. The van der Waals surface area contributed by atoms with Crippen LogP contribution >= 0.6 is 0 Å².